The summed E-state index contributed by atoms with van der Waals surface area (Å²) in [4.78, 5) is 21.6. The monoisotopic (exact) mass is 325 g/mol. The highest BCUT2D eigenvalue weighted by Crippen LogP contribution is 1.93. The van der Waals surface area contributed by atoms with E-state index >= 15 is 0 Å². The van der Waals surface area contributed by atoms with E-state index in [1.807, 2.05) is 44.2 Å². The summed E-state index contributed by atoms with van der Waals surface area (Å²) in [5.74, 6) is -0.550. The van der Waals surface area contributed by atoms with Crippen molar-refractivity contribution >= 4 is 18.0 Å². The van der Waals surface area contributed by atoms with Gasteiger partial charge in [0.25, 0.3) is 5.91 Å². The smallest absolute Gasteiger partial charge is 0.252 e. The third kappa shape index (κ3) is 19.8. The predicted molar refractivity (Wildman–Crippen MR) is 95.3 cm³/mol. The van der Waals surface area contributed by atoms with Gasteiger partial charge in [0.1, 0.15) is 6.42 Å². The summed E-state index contributed by atoms with van der Waals surface area (Å²) in [6, 6.07) is 9.17. The Labute approximate surface area is 139 Å². The van der Waals surface area contributed by atoms with Crippen LogP contribution in [0.2, 0.25) is 0 Å². The van der Waals surface area contributed by atoms with Crippen LogP contribution in [0.5, 0.6) is 0 Å². The lowest BCUT2D eigenvalue weighted by Gasteiger charge is -1.97. The molecule has 1 aromatic rings. The Hall–Kier alpha value is -2.21. The second-order valence-corrected chi connectivity index (χ2v) is 4.65. The van der Waals surface area contributed by atoms with Crippen LogP contribution < -0.4 is 10.9 Å². The van der Waals surface area contributed by atoms with Gasteiger partial charge in [-0.3, -0.25) is 14.8 Å². The first-order chi connectivity index (χ1) is 10.5. The lowest BCUT2D eigenvalue weighted by molar-refractivity contribution is -0.134. The molecule has 0 fully saturated rings. The molecule has 0 saturated carbocycles. The van der Waals surface area contributed by atoms with Crippen molar-refractivity contribution in [1.82, 2.24) is 10.9 Å². The summed E-state index contributed by atoms with van der Waals surface area (Å²) in [5, 5.41) is 11.8. The molecule has 1 aromatic carbocycles. The van der Waals surface area contributed by atoms with Crippen molar-refractivity contribution in [3.63, 3.8) is 0 Å². The fourth-order valence-corrected chi connectivity index (χ4v) is 0.943. The van der Waals surface area contributed by atoms with Gasteiger partial charge in [-0.2, -0.15) is 5.10 Å². The number of benzene rings is 1. The van der Waals surface area contributed by atoms with Gasteiger partial charge in [0.2, 0.25) is 5.91 Å². The van der Waals surface area contributed by atoms with Crippen LogP contribution in [0.15, 0.2) is 35.4 Å². The van der Waals surface area contributed by atoms with E-state index in [1.165, 1.54) is 11.7 Å². The van der Waals surface area contributed by atoms with Crippen molar-refractivity contribution < 1.29 is 14.8 Å². The zero-order valence-electron chi connectivity index (χ0n) is 14.0. The molecule has 0 saturated heterocycles. The number of amides is 2. The van der Waals surface area contributed by atoms with Crippen molar-refractivity contribution in [2.45, 2.75) is 48.5 Å². The molecule has 0 aliphatic heterocycles. The Morgan fingerprint density at radius 2 is 1.61 bits per heavy atom. The molecule has 3 N–H and O–H groups in total. The normalized spacial score (nSPS) is 8.83. The van der Waals surface area contributed by atoms with Gasteiger partial charge >= 0.3 is 0 Å². The topological polar surface area (TPSA) is 90.8 Å². The molecule has 0 spiro atoms. The highest BCUT2D eigenvalue weighted by molar-refractivity contribution is 5.96. The van der Waals surface area contributed by atoms with Gasteiger partial charge in [-0.15, -0.1) is 0 Å². The lowest BCUT2D eigenvalue weighted by Crippen LogP contribution is -2.27. The van der Waals surface area contributed by atoms with Gasteiger partial charge < -0.3 is 0 Å². The second kappa shape index (κ2) is 17.8. The Morgan fingerprint density at radius 3 is 2.04 bits per heavy atom. The van der Waals surface area contributed by atoms with Crippen molar-refractivity contribution in [2.75, 3.05) is 0 Å². The number of rotatable bonds is 4. The molecule has 6 heteroatoms. The summed E-state index contributed by atoms with van der Waals surface area (Å²) in [6.07, 6.45) is 0.984. The van der Waals surface area contributed by atoms with E-state index < -0.39 is 18.2 Å². The van der Waals surface area contributed by atoms with Gasteiger partial charge in [0.05, 0.1) is 6.21 Å². The fraction of sp³-hybridized carbons (Fsp3) is 0.471. The SMILES string of the molecule is C.CC.CC(C)C.O=C(CC(=O)N/N=C/c1ccccc1)NO. The number of hydroxylamine groups is 1. The Bertz CT molecular complexity index is 429. The Morgan fingerprint density at radius 1 is 1.13 bits per heavy atom. The summed E-state index contributed by atoms with van der Waals surface area (Å²) in [7, 11) is 0. The molecule has 0 aliphatic rings. The standard InChI is InChI=1S/C10H11N3O3.C4H10.C2H6.CH4/c14-9(6-10(15)13-16)12-11-7-8-4-2-1-3-5-8;1-4(2)3;1-2;/h1-5,7,16H,6H2,(H,12,14)(H,13,15);4H,1-3H3;1-2H3;1H4/b11-7+;;;. The summed E-state index contributed by atoms with van der Waals surface area (Å²) in [5.41, 5.74) is 4.34. The van der Waals surface area contributed by atoms with Crippen LogP contribution in [-0.4, -0.2) is 23.2 Å². The molecule has 0 heterocycles. The molecule has 23 heavy (non-hydrogen) atoms. The van der Waals surface area contributed by atoms with Gasteiger partial charge in [-0.1, -0.05) is 72.4 Å². The minimum Gasteiger partial charge on any atom is -0.289 e. The molecular weight excluding hydrogens is 294 g/mol. The number of nitrogens with zero attached hydrogens (tertiary/aromatic N) is 1. The van der Waals surface area contributed by atoms with Crippen molar-refractivity contribution in [3.8, 4) is 0 Å². The fourth-order valence-electron chi connectivity index (χ4n) is 0.943. The third-order valence-electron chi connectivity index (χ3n) is 1.65. The minimum absolute atomic E-state index is 0. The number of carbonyl (C=O) groups is 2. The molecule has 0 aliphatic carbocycles. The molecule has 0 unspecified atom stereocenters. The van der Waals surface area contributed by atoms with Gasteiger partial charge in [-0.25, -0.2) is 10.9 Å². The average molecular weight is 325 g/mol. The zero-order chi connectivity index (χ0) is 17.4. The van der Waals surface area contributed by atoms with Crippen LogP contribution in [0.1, 0.15) is 54.0 Å². The summed E-state index contributed by atoms with van der Waals surface area (Å²) < 4.78 is 0. The predicted octanol–water partition coefficient (Wildman–Crippen LogP) is 3.36. The Balaban J connectivity index is -0.000000498. The molecule has 1 rings (SSSR count). The van der Waals surface area contributed by atoms with Crippen LogP contribution in [0.4, 0.5) is 0 Å². The van der Waals surface area contributed by atoms with Crippen molar-refractivity contribution in [1.29, 1.82) is 0 Å². The Kier molecular flexibility index (Phi) is 20.0. The van der Waals surface area contributed by atoms with E-state index in [2.05, 4.69) is 31.3 Å². The quantitative estimate of drug-likeness (QED) is 0.343. The maximum absolute atomic E-state index is 11.0. The molecule has 0 atom stereocenters. The van der Waals surface area contributed by atoms with Gasteiger partial charge in [-0.05, 0) is 11.5 Å². The van der Waals surface area contributed by atoms with Crippen LogP contribution in [0, 0.1) is 5.92 Å². The van der Waals surface area contributed by atoms with E-state index in [0.717, 1.165) is 11.5 Å². The first kappa shape index (κ1) is 25.7. The molecule has 6 nitrogen and oxygen atoms in total. The maximum atomic E-state index is 11.0. The van der Waals surface area contributed by atoms with Crippen LogP contribution in [0.3, 0.4) is 0 Å². The largest absolute Gasteiger partial charge is 0.289 e. The second-order valence-electron chi connectivity index (χ2n) is 4.65. The van der Waals surface area contributed by atoms with E-state index in [9.17, 15) is 9.59 Å². The number of hydrogen-bond donors (Lipinski definition) is 3. The van der Waals surface area contributed by atoms with Gasteiger partial charge in [0, 0.05) is 0 Å². The van der Waals surface area contributed by atoms with Crippen LogP contribution >= 0.6 is 0 Å². The van der Waals surface area contributed by atoms with E-state index in [0.29, 0.717) is 0 Å². The van der Waals surface area contributed by atoms with Gasteiger partial charge in [0.15, 0.2) is 0 Å². The van der Waals surface area contributed by atoms with Crippen LogP contribution in [-0.2, 0) is 9.59 Å². The third-order valence-corrected chi connectivity index (χ3v) is 1.65. The molecule has 0 aromatic heterocycles. The highest BCUT2D eigenvalue weighted by Gasteiger charge is 2.06. The molecule has 0 bridgehead atoms. The first-order valence-corrected chi connectivity index (χ1v) is 7.25. The minimum atomic E-state index is -0.785. The number of nitrogens with one attached hydrogen (secondary N) is 2. The zero-order valence-corrected chi connectivity index (χ0v) is 14.0. The molecular formula is C17H31N3O3. The van der Waals surface area contributed by atoms with Crippen LogP contribution in [0.25, 0.3) is 0 Å². The summed E-state index contributed by atoms with van der Waals surface area (Å²) in [6.45, 7) is 10.5. The van der Waals surface area contributed by atoms with Crippen molar-refractivity contribution in [3.05, 3.63) is 35.9 Å². The van der Waals surface area contributed by atoms with E-state index in [4.69, 9.17) is 5.21 Å². The maximum Gasteiger partial charge on any atom is 0.252 e. The first-order valence-electron chi connectivity index (χ1n) is 7.25. The molecule has 0 radical (unpaired) electrons. The molecule has 2 amide bonds. The van der Waals surface area contributed by atoms with E-state index in [1.54, 1.807) is 0 Å². The number of hydrazone groups is 1. The van der Waals surface area contributed by atoms with E-state index in [-0.39, 0.29) is 7.43 Å². The average Bonchev–Trinajstić information content (AvgIpc) is 2.49. The lowest BCUT2D eigenvalue weighted by atomic mass is 10.2. The summed E-state index contributed by atoms with van der Waals surface area (Å²) >= 11 is 0. The number of hydrogen-bond acceptors (Lipinski definition) is 4. The van der Waals surface area contributed by atoms with Crippen molar-refractivity contribution in [2.24, 2.45) is 11.0 Å². The molecule has 132 valence electrons. The number of carbonyl (C=O) groups excluding carboxylic acids is 2. The highest BCUT2D eigenvalue weighted by atomic mass is 16.5.